The van der Waals surface area contributed by atoms with Crippen molar-refractivity contribution in [2.45, 2.75) is 43.9 Å². The third-order valence-electron chi connectivity index (χ3n) is 3.65. The Balaban J connectivity index is 1.77. The van der Waals surface area contributed by atoms with E-state index < -0.39 is 18.2 Å². The van der Waals surface area contributed by atoms with Gasteiger partial charge in [0.15, 0.2) is 6.10 Å². The first-order valence-corrected chi connectivity index (χ1v) is 6.43. The molecular weight excluding hydrogens is 236 g/mol. The Morgan fingerprint density at radius 3 is 2.33 bits per heavy atom. The predicted molar refractivity (Wildman–Crippen MR) is 64.2 cm³/mol. The van der Waals surface area contributed by atoms with Gasteiger partial charge in [-0.1, -0.05) is 0 Å². The van der Waals surface area contributed by atoms with Crippen LogP contribution in [0.2, 0.25) is 0 Å². The second-order valence-corrected chi connectivity index (χ2v) is 5.12. The number of aliphatic carboxylic acids is 1. The number of carboxylic acids is 1. The van der Waals surface area contributed by atoms with Crippen molar-refractivity contribution < 1.29 is 19.4 Å². The van der Waals surface area contributed by atoms with Crippen LogP contribution in [0.3, 0.4) is 0 Å². The van der Waals surface area contributed by atoms with E-state index in [1.54, 1.807) is 0 Å². The van der Waals surface area contributed by atoms with E-state index in [1.165, 1.54) is 0 Å². The van der Waals surface area contributed by atoms with Crippen LogP contribution < -0.4 is 5.32 Å². The molecule has 2 heterocycles. The number of amides is 1. The summed E-state index contributed by atoms with van der Waals surface area (Å²) in [5, 5.41) is 11.8. The Labute approximate surface area is 106 Å². The maximum Gasteiger partial charge on any atom is 0.332 e. The number of carbonyl (C=O) groups excluding carboxylic acids is 1. The molecule has 0 radical (unpaired) electrons. The third-order valence-corrected chi connectivity index (χ3v) is 3.65. The fraction of sp³-hybridized carbons (Fsp3) is 0.833. The van der Waals surface area contributed by atoms with Crippen LogP contribution in [-0.2, 0) is 14.3 Å². The molecule has 2 rings (SSSR count). The quantitative estimate of drug-likeness (QED) is 0.733. The molecule has 2 unspecified atom stereocenters. The summed E-state index contributed by atoms with van der Waals surface area (Å²) in [7, 11) is 2.07. The van der Waals surface area contributed by atoms with E-state index in [0.29, 0.717) is 12.8 Å². The van der Waals surface area contributed by atoms with Gasteiger partial charge in [-0.05, 0) is 45.8 Å². The van der Waals surface area contributed by atoms with E-state index in [1.807, 2.05) is 0 Å². The van der Waals surface area contributed by atoms with Crippen molar-refractivity contribution in [1.29, 1.82) is 0 Å². The minimum atomic E-state index is -0.982. The number of likely N-dealkylation sites (tertiary alicyclic amines) is 1. The Morgan fingerprint density at radius 1 is 1.17 bits per heavy atom. The van der Waals surface area contributed by atoms with Crippen molar-refractivity contribution in [2.75, 3.05) is 20.1 Å². The summed E-state index contributed by atoms with van der Waals surface area (Å²) in [5.41, 5.74) is 0. The highest BCUT2D eigenvalue weighted by atomic mass is 16.5. The van der Waals surface area contributed by atoms with Gasteiger partial charge < -0.3 is 20.1 Å². The molecule has 0 aromatic rings. The number of nitrogens with one attached hydrogen (secondary N) is 1. The lowest BCUT2D eigenvalue weighted by Gasteiger charge is -2.30. The summed E-state index contributed by atoms with van der Waals surface area (Å²) in [5.74, 6) is -1.14. The normalized spacial score (nSPS) is 30.3. The molecule has 0 aromatic carbocycles. The Bertz CT molecular complexity index is 326. The van der Waals surface area contributed by atoms with Gasteiger partial charge in [0.05, 0.1) is 0 Å². The summed E-state index contributed by atoms with van der Waals surface area (Å²) >= 11 is 0. The number of ether oxygens (including phenoxy) is 1. The average Bonchev–Trinajstić information content (AvgIpc) is 2.81. The highest BCUT2D eigenvalue weighted by Crippen LogP contribution is 2.20. The standard InChI is InChI=1S/C12H20N2O4/c1-14-6-4-8(5-7-14)13-11(15)9-2-3-10(18-9)12(16)17/h8-10H,2-7H2,1H3,(H,13,15)(H,16,17). The first-order chi connectivity index (χ1) is 8.56. The summed E-state index contributed by atoms with van der Waals surface area (Å²) < 4.78 is 5.23. The number of carbonyl (C=O) groups is 2. The van der Waals surface area contributed by atoms with Gasteiger partial charge in [0.1, 0.15) is 6.10 Å². The van der Waals surface area contributed by atoms with Crippen molar-refractivity contribution in [3.05, 3.63) is 0 Å². The van der Waals surface area contributed by atoms with Gasteiger partial charge in [-0.25, -0.2) is 4.79 Å². The van der Waals surface area contributed by atoms with Crippen molar-refractivity contribution in [3.63, 3.8) is 0 Å². The molecule has 6 nitrogen and oxygen atoms in total. The maximum atomic E-state index is 11.9. The molecule has 0 bridgehead atoms. The molecular formula is C12H20N2O4. The number of piperidine rings is 1. The van der Waals surface area contributed by atoms with Crippen LogP contribution in [0.25, 0.3) is 0 Å². The minimum absolute atomic E-state index is 0.159. The topological polar surface area (TPSA) is 78.9 Å². The zero-order valence-corrected chi connectivity index (χ0v) is 10.6. The van der Waals surface area contributed by atoms with Gasteiger partial charge in [-0.15, -0.1) is 0 Å². The van der Waals surface area contributed by atoms with E-state index in [-0.39, 0.29) is 11.9 Å². The van der Waals surface area contributed by atoms with Gasteiger partial charge >= 0.3 is 5.97 Å². The molecule has 0 spiro atoms. The lowest BCUT2D eigenvalue weighted by atomic mass is 10.0. The molecule has 102 valence electrons. The van der Waals surface area contributed by atoms with Crippen LogP contribution in [0, 0.1) is 0 Å². The van der Waals surface area contributed by atoms with Crippen molar-refractivity contribution in [1.82, 2.24) is 10.2 Å². The summed E-state index contributed by atoms with van der Waals surface area (Å²) in [6, 6.07) is 0.196. The van der Waals surface area contributed by atoms with Gasteiger partial charge in [-0.2, -0.15) is 0 Å². The van der Waals surface area contributed by atoms with Crippen LogP contribution in [0.4, 0.5) is 0 Å². The number of rotatable bonds is 3. The highest BCUT2D eigenvalue weighted by molar-refractivity contribution is 5.82. The van der Waals surface area contributed by atoms with Crippen molar-refractivity contribution >= 4 is 11.9 Å². The Kier molecular flexibility index (Phi) is 4.19. The average molecular weight is 256 g/mol. The fourth-order valence-electron chi connectivity index (χ4n) is 2.46. The van der Waals surface area contributed by atoms with Crippen LogP contribution in [0.1, 0.15) is 25.7 Å². The summed E-state index contributed by atoms with van der Waals surface area (Å²) in [6.45, 7) is 1.96. The molecule has 0 saturated carbocycles. The smallest absolute Gasteiger partial charge is 0.332 e. The Morgan fingerprint density at radius 2 is 1.78 bits per heavy atom. The second-order valence-electron chi connectivity index (χ2n) is 5.12. The molecule has 18 heavy (non-hydrogen) atoms. The molecule has 2 N–H and O–H groups in total. The van der Waals surface area contributed by atoms with Gasteiger partial charge in [0, 0.05) is 6.04 Å². The van der Waals surface area contributed by atoms with Crippen LogP contribution >= 0.6 is 0 Å². The highest BCUT2D eigenvalue weighted by Gasteiger charge is 2.35. The zero-order chi connectivity index (χ0) is 13.1. The van der Waals surface area contributed by atoms with E-state index >= 15 is 0 Å². The Hall–Kier alpha value is -1.14. The first kappa shape index (κ1) is 13.3. The van der Waals surface area contributed by atoms with Crippen LogP contribution in [0.5, 0.6) is 0 Å². The molecule has 0 aromatic heterocycles. The third kappa shape index (κ3) is 3.20. The molecule has 2 atom stereocenters. The number of hydrogen-bond acceptors (Lipinski definition) is 4. The predicted octanol–water partition coefficient (Wildman–Crippen LogP) is -0.171. The fourth-order valence-corrected chi connectivity index (χ4v) is 2.46. The monoisotopic (exact) mass is 256 g/mol. The first-order valence-electron chi connectivity index (χ1n) is 6.43. The van der Waals surface area contributed by atoms with Crippen molar-refractivity contribution in [3.8, 4) is 0 Å². The number of nitrogens with zero attached hydrogens (tertiary/aromatic N) is 1. The largest absolute Gasteiger partial charge is 0.479 e. The maximum absolute atomic E-state index is 11.9. The summed E-state index contributed by atoms with van der Waals surface area (Å²) in [4.78, 5) is 24.9. The van der Waals surface area contributed by atoms with Gasteiger partial charge in [0.25, 0.3) is 0 Å². The molecule has 1 amide bonds. The molecule has 6 heteroatoms. The van der Waals surface area contributed by atoms with E-state index in [4.69, 9.17) is 9.84 Å². The molecule has 2 aliphatic heterocycles. The second kappa shape index (κ2) is 5.67. The van der Waals surface area contributed by atoms with Gasteiger partial charge in [-0.3, -0.25) is 4.79 Å². The van der Waals surface area contributed by atoms with E-state index in [2.05, 4.69) is 17.3 Å². The lowest BCUT2D eigenvalue weighted by molar-refractivity contribution is -0.152. The molecule has 2 saturated heterocycles. The van der Waals surface area contributed by atoms with Crippen LogP contribution in [-0.4, -0.2) is 60.3 Å². The van der Waals surface area contributed by atoms with E-state index in [0.717, 1.165) is 25.9 Å². The SMILES string of the molecule is CN1CCC(NC(=O)C2CCC(C(=O)O)O2)CC1. The molecule has 2 fully saturated rings. The van der Waals surface area contributed by atoms with E-state index in [9.17, 15) is 9.59 Å². The summed E-state index contributed by atoms with van der Waals surface area (Å²) in [6.07, 6.45) is 1.38. The van der Waals surface area contributed by atoms with Crippen molar-refractivity contribution in [2.24, 2.45) is 0 Å². The minimum Gasteiger partial charge on any atom is -0.479 e. The molecule has 2 aliphatic rings. The zero-order valence-electron chi connectivity index (χ0n) is 10.6. The number of hydrogen-bond donors (Lipinski definition) is 2. The van der Waals surface area contributed by atoms with Crippen LogP contribution in [0.15, 0.2) is 0 Å². The number of carboxylic acid groups (broad SMARTS) is 1. The molecule has 0 aliphatic carbocycles. The van der Waals surface area contributed by atoms with Gasteiger partial charge in [0.2, 0.25) is 5.91 Å². The lowest BCUT2D eigenvalue weighted by Crippen LogP contribution is -2.46.